The zero-order valence-corrected chi connectivity index (χ0v) is 12.4. The van der Waals surface area contributed by atoms with E-state index in [1.165, 1.54) is 32.2 Å². The van der Waals surface area contributed by atoms with Crippen LogP contribution < -0.4 is 5.73 Å². The first-order valence-corrected chi connectivity index (χ1v) is 7.45. The highest BCUT2D eigenvalue weighted by molar-refractivity contribution is 4.87. The van der Waals surface area contributed by atoms with E-state index >= 15 is 0 Å². The summed E-state index contributed by atoms with van der Waals surface area (Å²) in [6.45, 7) is 10.5. The molecule has 0 amide bonds. The van der Waals surface area contributed by atoms with Crippen LogP contribution in [0.3, 0.4) is 0 Å². The molecule has 2 nitrogen and oxygen atoms in total. The van der Waals surface area contributed by atoms with Gasteiger partial charge in [-0.25, -0.2) is 0 Å². The molecule has 4 unspecified atom stereocenters. The average molecular weight is 240 g/mol. The molecule has 4 atom stereocenters. The van der Waals surface area contributed by atoms with Gasteiger partial charge >= 0.3 is 0 Å². The van der Waals surface area contributed by atoms with Gasteiger partial charge in [-0.1, -0.05) is 27.7 Å². The Morgan fingerprint density at radius 1 is 1.18 bits per heavy atom. The monoisotopic (exact) mass is 240 g/mol. The summed E-state index contributed by atoms with van der Waals surface area (Å²) in [6, 6.07) is 1.14. The fourth-order valence-corrected chi connectivity index (χ4v) is 3.68. The molecule has 0 aliphatic heterocycles. The minimum absolute atomic E-state index is 0.408. The Morgan fingerprint density at radius 3 is 2.24 bits per heavy atom. The van der Waals surface area contributed by atoms with Crippen LogP contribution in [0.4, 0.5) is 0 Å². The van der Waals surface area contributed by atoms with Crippen molar-refractivity contribution in [2.24, 2.45) is 23.5 Å². The first-order valence-electron chi connectivity index (χ1n) is 7.45. The molecule has 0 aromatic carbocycles. The van der Waals surface area contributed by atoms with E-state index in [2.05, 4.69) is 39.6 Å². The molecule has 2 N–H and O–H groups in total. The minimum atomic E-state index is 0.408. The summed E-state index contributed by atoms with van der Waals surface area (Å²) in [5, 5.41) is 0. The summed E-state index contributed by atoms with van der Waals surface area (Å²) in [7, 11) is 2.27. The van der Waals surface area contributed by atoms with Gasteiger partial charge in [-0.05, 0) is 50.5 Å². The van der Waals surface area contributed by atoms with Crippen molar-refractivity contribution < 1.29 is 0 Å². The van der Waals surface area contributed by atoms with Gasteiger partial charge < -0.3 is 10.6 Å². The van der Waals surface area contributed by atoms with Gasteiger partial charge in [-0.3, -0.25) is 0 Å². The van der Waals surface area contributed by atoms with Crippen LogP contribution in [0.1, 0.15) is 53.4 Å². The number of rotatable bonds is 5. The van der Waals surface area contributed by atoms with Crippen molar-refractivity contribution in [3.63, 3.8) is 0 Å². The molecule has 0 bridgehead atoms. The fraction of sp³-hybridized carbons (Fsp3) is 1.00. The molecule has 0 radical (unpaired) electrons. The van der Waals surface area contributed by atoms with Crippen LogP contribution in [0.5, 0.6) is 0 Å². The highest BCUT2D eigenvalue weighted by Gasteiger charge is 2.32. The first-order chi connectivity index (χ1) is 7.99. The average Bonchev–Trinajstić information content (AvgIpc) is 2.25. The molecule has 0 aromatic heterocycles. The summed E-state index contributed by atoms with van der Waals surface area (Å²) in [5.74, 6) is 2.29. The molecule has 1 saturated carbocycles. The van der Waals surface area contributed by atoms with E-state index in [9.17, 15) is 0 Å². The van der Waals surface area contributed by atoms with Gasteiger partial charge in [0.1, 0.15) is 0 Å². The largest absolute Gasteiger partial charge is 0.327 e. The third kappa shape index (κ3) is 3.96. The van der Waals surface area contributed by atoms with E-state index in [1.807, 2.05) is 0 Å². The SMILES string of the molecule is CCC(CC)N(C)CC1C(C)CC(C)CC1N. The molecule has 0 aromatic rings. The second-order valence-corrected chi connectivity index (χ2v) is 6.29. The lowest BCUT2D eigenvalue weighted by Gasteiger charge is -2.41. The maximum Gasteiger partial charge on any atom is 0.00870 e. The van der Waals surface area contributed by atoms with E-state index in [1.54, 1.807) is 0 Å². The van der Waals surface area contributed by atoms with Crippen LogP contribution in [0.2, 0.25) is 0 Å². The summed E-state index contributed by atoms with van der Waals surface area (Å²) < 4.78 is 0. The van der Waals surface area contributed by atoms with Crippen molar-refractivity contribution in [3.05, 3.63) is 0 Å². The molecule has 1 fully saturated rings. The zero-order chi connectivity index (χ0) is 13.0. The maximum atomic E-state index is 6.36. The molecule has 1 aliphatic carbocycles. The van der Waals surface area contributed by atoms with E-state index in [0.717, 1.165) is 17.9 Å². The van der Waals surface area contributed by atoms with Crippen LogP contribution in [-0.2, 0) is 0 Å². The molecule has 1 aliphatic rings. The number of nitrogens with two attached hydrogens (primary N) is 1. The van der Waals surface area contributed by atoms with Crippen molar-refractivity contribution >= 4 is 0 Å². The van der Waals surface area contributed by atoms with Gasteiger partial charge in [0.15, 0.2) is 0 Å². The summed E-state index contributed by atoms with van der Waals surface area (Å²) in [5.41, 5.74) is 6.36. The number of nitrogens with zero attached hydrogens (tertiary/aromatic N) is 1. The maximum absolute atomic E-state index is 6.36. The Balaban J connectivity index is 2.54. The lowest BCUT2D eigenvalue weighted by Crippen LogP contribution is -2.47. The minimum Gasteiger partial charge on any atom is -0.327 e. The van der Waals surface area contributed by atoms with E-state index < -0.39 is 0 Å². The quantitative estimate of drug-likeness (QED) is 0.800. The van der Waals surface area contributed by atoms with Crippen LogP contribution in [0.15, 0.2) is 0 Å². The molecule has 2 heteroatoms. The Kier molecular flexibility index (Phi) is 5.94. The standard InChI is InChI=1S/C15H32N2/c1-6-13(7-2)17(5)10-14-12(4)8-11(3)9-15(14)16/h11-15H,6-10,16H2,1-5H3. The molecule has 17 heavy (non-hydrogen) atoms. The number of hydrogen-bond acceptors (Lipinski definition) is 2. The molecule has 102 valence electrons. The highest BCUT2D eigenvalue weighted by atomic mass is 15.1. The van der Waals surface area contributed by atoms with Crippen LogP contribution >= 0.6 is 0 Å². The predicted octanol–water partition coefficient (Wildman–Crippen LogP) is 3.12. The smallest absolute Gasteiger partial charge is 0.00870 e. The lowest BCUT2D eigenvalue weighted by atomic mass is 9.72. The van der Waals surface area contributed by atoms with E-state index in [-0.39, 0.29) is 0 Å². The third-order valence-electron chi connectivity index (χ3n) is 4.79. The van der Waals surface area contributed by atoms with Gasteiger partial charge in [0.05, 0.1) is 0 Å². The van der Waals surface area contributed by atoms with Crippen molar-refractivity contribution in [1.29, 1.82) is 0 Å². The summed E-state index contributed by atoms with van der Waals surface area (Å²) >= 11 is 0. The van der Waals surface area contributed by atoms with Crippen molar-refractivity contribution in [2.45, 2.75) is 65.5 Å². The zero-order valence-electron chi connectivity index (χ0n) is 12.4. The second kappa shape index (κ2) is 6.75. The van der Waals surface area contributed by atoms with Crippen LogP contribution in [0.25, 0.3) is 0 Å². The topological polar surface area (TPSA) is 29.3 Å². The van der Waals surface area contributed by atoms with E-state index in [4.69, 9.17) is 5.73 Å². The van der Waals surface area contributed by atoms with Crippen molar-refractivity contribution in [2.75, 3.05) is 13.6 Å². The normalized spacial score (nSPS) is 34.6. The van der Waals surface area contributed by atoms with Gasteiger partial charge in [0.25, 0.3) is 0 Å². The fourth-order valence-electron chi connectivity index (χ4n) is 3.68. The van der Waals surface area contributed by atoms with Crippen LogP contribution in [-0.4, -0.2) is 30.6 Å². The van der Waals surface area contributed by atoms with Crippen molar-refractivity contribution in [3.8, 4) is 0 Å². The third-order valence-corrected chi connectivity index (χ3v) is 4.79. The van der Waals surface area contributed by atoms with Crippen LogP contribution in [0, 0.1) is 17.8 Å². The van der Waals surface area contributed by atoms with E-state index in [0.29, 0.717) is 12.0 Å². The number of hydrogen-bond donors (Lipinski definition) is 1. The molecule has 1 rings (SSSR count). The van der Waals surface area contributed by atoms with Crippen molar-refractivity contribution in [1.82, 2.24) is 4.90 Å². The molecule has 0 saturated heterocycles. The second-order valence-electron chi connectivity index (χ2n) is 6.29. The Morgan fingerprint density at radius 2 is 1.76 bits per heavy atom. The molecule has 0 spiro atoms. The Bertz CT molecular complexity index is 201. The van der Waals surface area contributed by atoms with Gasteiger partial charge in [0, 0.05) is 18.6 Å². The molecule has 0 heterocycles. The Hall–Kier alpha value is -0.0800. The Labute approximate surface area is 108 Å². The summed E-state index contributed by atoms with van der Waals surface area (Å²) in [4.78, 5) is 2.54. The molecular weight excluding hydrogens is 208 g/mol. The predicted molar refractivity (Wildman–Crippen MR) is 76.0 cm³/mol. The first kappa shape index (κ1) is 15.0. The van der Waals surface area contributed by atoms with Gasteiger partial charge in [-0.15, -0.1) is 0 Å². The molecular formula is C15H32N2. The summed E-state index contributed by atoms with van der Waals surface area (Å²) in [6.07, 6.45) is 5.07. The van der Waals surface area contributed by atoms with Gasteiger partial charge in [-0.2, -0.15) is 0 Å². The van der Waals surface area contributed by atoms with Gasteiger partial charge in [0.2, 0.25) is 0 Å². The highest BCUT2D eigenvalue weighted by Crippen LogP contribution is 2.33. The lowest BCUT2D eigenvalue weighted by molar-refractivity contribution is 0.106.